The summed E-state index contributed by atoms with van der Waals surface area (Å²) in [5.74, 6) is 1.37. The smallest absolute Gasteiger partial charge is 0.162 e. The second kappa shape index (κ2) is 14.5. The highest BCUT2D eigenvalue weighted by Crippen LogP contribution is 2.39. The van der Waals surface area contributed by atoms with Crippen LogP contribution in [0.4, 0.5) is 0 Å². The standard InChI is InChI=1S/C54H35N5/c1-4-17-36(18-5-1)50-45-29-10-12-31-47(45)55-52(56-50)42-25-15-23-40(34-42)38-21-14-22-39(33-38)41-24-16-26-43(35-41)53-57-51(37-19-6-2-7-20-37)49-46-30-11-13-32-48(46)59(54(49)58-53)44-27-8-3-9-28-44/h1-35H. The first-order valence-corrected chi connectivity index (χ1v) is 19.8. The zero-order valence-corrected chi connectivity index (χ0v) is 31.9. The minimum absolute atomic E-state index is 0.673. The van der Waals surface area contributed by atoms with Crippen LogP contribution >= 0.6 is 0 Å². The Morgan fingerprint density at radius 1 is 0.305 bits per heavy atom. The fourth-order valence-electron chi connectivity index (χ4n) is 8.20. The summed E-state index contributed by atoms with van der Waals surface area (Å²) < 4.78 is 2.26. The van der Waals surface area contributed by atoms with E-state index in [4.69, 9.17) is 19.9 Å². The molecule has 59 heavy (non-hydrogen) atoms. The molecule has 0 amide bonds. The van der Waals surface area contributed by atoms with Gasteiger partial charge in [0.25, 0.3) is 0 Å². The molecule has 5 nitrogen and oxygen atoms in total. The molecular weight excluding hydrogens is 719 g/mol. The molecule has 0 atom stereocenters. The van der Waals surface area contributed by atoms with E-state index in [1.54, 1.807) is 0 Å². The normalized spacial score (nSPS) is 11.4. The first-order valence-electron chi connectivity index (χ1n) is 19.8. The predicted molar refractivity (Wildman–Crippen MR) is 242 cm³/mol. The Kier molecular flexibility index (Phi) is 8.41. The molecular formula is C54H35N5. The highest BCUT2D eigenvalue weighted by Gasteiger charge is 2.21. The molecule has 0 saturated heterocycles. The number of aromatic nitrogens is 5. The average Bonchev–Trinajstić information content (AvgIpc) is 3.66. The molecule has 0 fully saturated rings. The Morgan fingerprint density at radius 2 is 0.746 bits per heavy atom. The van der Waals surface area contributed by atoms with E-state index in [0.29, 0.717) is 11.6 Å². The van der Waals surface area contributed by atoms with Gasteiger partial charge in [-0.15, -0.1) is 0 Å². The second-order valence-electron chi connectivity index (χ2n) is 14.7. The van der Waals surface area contributed by atoms with Crippen LogP contribution in [0.5, 0.6) is 0 Å². The minimum atomic E-state index is 0.673. The lowest BCUT2D eigenvalue weighted by molar-refractivity contribution is 1.11. The van der Waals surface area contributed by atoms with Gasteiger partial charge in [-0.1, -0.05) is 170 Å². The van der Waals surface area contributed by atoms with Crippen molar-refractivity contribution in [3.05, 3.63) is 212 Å². The van der Waals surface area contributed by atoms with Crippen LogP contribution in [0, 0.1) is 0 Å². The van der Waals surface area contributed by atoms with Gasteiger partial charge in [-0.3, -0.25) is 4.57 Å². The van der Waals surface area contributed by atoms with Crippen molar-refractivity contribution in [1.29, 1.82) is 0 Å². The molecule has 8 aromatic carbocycles. The van der Waals surface area contributed by atoms with Gasteiger partial charge < -0.3 is 0 Å². The van der Waals surface area contributed by atoms with Crippen molar-refractivity contribution in [1.82, 2.24) is 24.5 Å². The molecule has 276 valence electrons. The molecule has 11 rings (SSSR count). The summed E-state index contributed by atoms with van der Waals surface area (Å²) in [5.41, 5.74) is 14.2. The van der Waals surface area contributed by atoms with Gasteiger partial charge >= 0.3 is 0 Å². The Bertz CT molecular complexity index is 3320. The van der Waals surface area contributed by atoms with Crippen LogP contribution in [0.1, 0.15) is 0 Å². The van der Waals surface area contributed by atoms with Gasteiger partial charge in [0.1, 0.15) is 5.65 Å². The molecule has 0 aliphatic carbocycles. The summed E-state index contributed by atoms with van der Waals surface area (Å²) in [6.45, 7) is 0. The van der Waals surface area contributed by atoms with Crippen molar-refractivity contribution in [2.24, 2.45) is 0 Å². The first kappa shape index (κ1) is 34.2. The minimum Gasteiger partial charge on any atom is -0.294 e. The fraction of sp³-hybridized carbons (Fsp3) is 0. The van der Waals surface area contributed by atoms with E-state index in [0.717, 1.165) is 94.4 Å². The predicted octanol–water partition coefficient (Wildman–Crippen LogP) is 13.5. The Labute approximate surface area is 341 Å². The third-order valence-electron chi connectivity index (χ3n) is 11.0. The monoisotopic (exact) mass is 753 g/mol. The third kappa shape index (κ3) is 6.22. The molecule has 5 heteroatoms. The largest absolute Gasteiger partial charge is 0.294 e. The lowest BCUT2D eigenvalue weighted by atomic mass is 9.96. The quantitative estimate of drug-likeness (QED) is 0.163. The van der Waals surface area contributed by atoms with Crippen LogP contribution in [-0.4, -0.2) is 24.5 Å². The van der Waals surface area contributed by atoms with Gasteiger partial charge in [-0.25, -0.2) is 19.9 Å². The van der Waals surface area contributed by atoms with Crippen LogP contribution in [0.15, 0.2) is 212 Å². The molecule has 0 aliphatic heterocycles. The summed E-state index contributed by atoms with van der Waals surface area (Å²) in [5, 5.41) is 3.19. The van der Waals surface area contributed by atoms with E-state index in [-0.39, 0.29) is 0 Å². The van der Waals surface area contributed by atoms with Crippen LogP contribution < -0.4 is 0 Å². The number of para-hydroxylation sites is 3. The highest BCUT2D eigenvalue weighted by molar-refractivity contribution is 6.14. The van der Waals surface area contributed by atoms with E-state index in [9.17, 15) is 0 Å². The number of fused-ring (bicyclic) bond motifs is 4. The summed E-state index contributed by atoms with van der Waals surface area (Å²) in [7, 11) is 0. The first-order chi connectivity index (χ1) is 29.2. The second-order valence-corrected chi connectivity index (χ2v) is 14.7. The summed E-state index contributed by atoms with van der Waals surface area (Å²) in [4.78, 5) is 20.9. The summed E-state index contributed by atoms with van der Waals surface area (Å²) in [6.07, 6.45) is 0. The van der Waals surface area contributed by atoms with Crippen molar-refractivity contribution in [2.45, 2.75) is 0 Å². The highest BCUT2D eigenvalue weighted by atomic mass is 15.1. The van der Waals surface area contributed by atoms with Crippen molar-refractivity contribution < 1.29 is 0 Å². The number of rotatable bonds is 7. The van der Waals surface area contributed by atoms with Gasteiger partial charge in [-0.2, -0.15) is 0 Å². The van der Waals surface area contributed by atoms with E-state index >= 15 is 0 Å². The van der Waals surface area contributed by atoms with Gasteiger partial charge in [0.15, 0.2) is 11.6 Å². The number of hydrogen-bond acceptors (Lipinski definition) is 4. The molecule has 0 aliphatic rings. The summed E-state index contributed by atoms with van der Waals surface area (Å²) >= 11 is 0. The van der Waals surface area contributed by atoms with E-state index in [1.165, 1.54) is 0 Å². The zero-order chi connectivity index (χ0) is 39.1. The molecule has 0 saturated carbocycles. The van der Waals surface area contributed by atoms with Crippen molar-refractivity contribution >= 4 is 32.8 Å². The number of benzene rings is 8. The van der Waals surface area contributed by atoms with Crippen molar-refractivity contribution in [3.8, 4) is 73.2 Å². The molecule has 0 bridgehead atoms. The maximum atomic E-state index is 5.37. The summed E-state index contributed by atoms with van der Waals surface area (Å²) in [6, 6.07) is 73.8. The van der Waals surface area contributed by atoms with Crippen LogP contribution in [0.2, 0.25) is 0 Å². The zero-order valence-electron chi connectivity index (χ0n) is 31.9. The molecule has 3 heterocycles. The van der Waals surface area contributed by atoms with E-state index in [1.807, 2.05) is 30.3 Å². The fourth-order valence-corrected chi connectivity index (χ4v) is 8.20. The van der Waals surface area contributed by atoms with Gasteiger partial charge in [-0.05, 0) is 64.7 Å². The van der Waals surface area contributed by atoms with E-state index < -0.39 is 0 Å². The molecule has 0 radical (unpaired) electrons. The Hall–Kier alpha value is -8.02. The number of hydrogen-bond donors (Lipinski definition) is 0. The van der Waals surface area contributed by atoms with Gasteiger partial charge in [0, 0.05) is 38.7 Å². The van der Waals surface area contributed by atoms with Crippen molar-refractivity contribution in [3.63, 3.8) is 0 Å². The van der Waals surface area contributed by atoms with Crippen molar-refractivity contribution in [2.75, 3.05) is 0 Å². The van der Waals surface area contributed by atoms with Gasteiger partial charge in [0.2, 0.25) is 0 Å². The molecule has 3 aromatic heterocycles. The van der Waals surface area contributed by atoms with Crippen LogP contribution in [0.3, 0.4) is 0 Å². The van der Waals surface area contributed by atoms with Crippen LogP contribution in [0.25, 0.3) is 106 Å². The van der Waals surface area contributed by atoms with E-state index in [2.05, 4.69) is 187 Å². The lowest BCUT2D eigenvalue weighted by Gasteiger charge is -2.12. The third-order valence-corrected chi connectivity index (χ3v) is 11.0. The average molecular weight is 754 g/mol. The van der Waals surface area contributed by atoms with Gasteiger partial charge in [0.05, 0.1) is 27.8 Å². The molecule has 0 spiro atoms. The van der Waals surface area contributed by atoms with Crippen LogP contribution in [-0.2, 0) is 0 Å². The lowest BCUT2D eigenvalue weighted by Crippen LogP contribution is -1.99. The maximum absolute atomic E-state index is 5.37. The maximum Gasteiger partial charge on any atom is 0.162 e. The Morgan fingerprint density at radius 3 is 1.37 bits per heavy atom. The molecule has 0 unspecified atom stereocenters. The SMILES string of the molecule is c1ccc(-c2nc(-c3cccc(-c4cccc(-c5cccc(-c6nc(-c7ccccc7)c7c8ccccc8n(-c8ccccc8)c7n6)c5)c4)c3)nc3ccccc23)cc1. The molecule has 0 N–H and O–H groups in total. The Balaban J connectivity index is 1.01. The molecule has 11 aromatic rings. The topological polar surface area (TPSA) is 56.5 Å². The number of nitrogens with zero attached hydrogens (tertiary/aromatic N) is 5.